The molecule has 0 unspecified atom stereocenters. The molecule has 1 aliphatic heterocycles. The van der Waals surface area contributed by atoms with Crippen molar-refractivity contribution in [1.29, 1.82) is 0 Å². The zero-order valence-electron chi connectivity index (χ0n) is 17.3. The van der Waals surface area contributed by atoms with Gasteiger partial charge in [0.05, 0.1) is 23.3 Å². The highest BCUT2D eigenvalue weighted by Gasteiger charge is 2.54. The Kier molecular flexibility index (Phi) is 3.77. The zero-order chi connectivity index (χ0) is 21.3. The molecule has 1 spiro atoms. The van der Waals surface area contributed by atoms with E-state index in [0.29, 0.717) is 29.6 Å². The van der Waals surface area contributed by atoms with Crippen molar-refractivity contribution in [2.75, 3.05) is 18.0 Å². The molecule has 1 aliphatic carbocycles. The van der Waals surface area contributed by atoms with Gasteiger partial charge in [0.2, 0.25) is 0 Å². The molecule has 8 nitrogen and oxygen atoms in total. The number of fused-ring (bicyclic) bond motifs is 3. The molecule has 0 bridgehead atoms. The summed E-state index contributed by atoms with van der Waals surface area (Å²) in [7, 11) is 0. The van der Waals surface area contributed by atoms with Crippen LogP contribution in [0.2, 0.25) is 0 Å². The Morgan fingerprint density at radius 3 is 2.68 bits per heavy atom. The predicted molar refractivity (Wildman–Crippen MR) is 115 cm³/mol. The van der Waals surface area contributed by atoms with Crippen LogP contribution in [0, 0.1) is 25.1 Å². The Morgan fingerprint density at radius 2 is 1.97 bits per heavy atom. The van der Waals surface area contributed by atoms with E-state index >= 15 is 0 Å². The highest BCUT2D eigenvalue weighted by atomic mass is 19.1. The van der Waals surface area contributed by atoms with Crippen LogP contribution >= 0.6 is 0 Å². The number of benzene rings is 1. The van der Waals surface area contributed by atoms with E-state index in [9.17, 15) is 4.39 Å². The molecule has 4 heterocycles. The van der Waals surface area contributed by atoms with Gasteiger partial charge in [-0.25, -0.2) is 14.4 Å². The van der Waals surface area contributed by atoms with Crippen molar-refractivity contribution >= 4 is 27.8 Å². The van der Waals surface area contributed by atoms with Gasteiger partial charge >= 0.3 is 6.01 Å². The maximum atomic E-state index is 14.3. The fourth-order valence-corrected chi connectivity index (χ4v) is 4.65. The van der Waals surface area contributed by atoms with Crippen LogP contribution in [-0.2, 0) is 0 Å². The van der Waals surface area contributed by atoms with E-state index in [-0.39, 0.29) is 23.3 Å². The number of anilines is 1. The Balaban J connectivity index is 1.54. The van der Waals surface area contributed by atoms with Gasteiger partial charge in [-0.15, -0.1) is 0 Å². The molecule has 1 atom stereocenters. The first-order chi connectivity index (χ1) is 14.9. The lowest BCUT2D eigenvalue weighted by Gasteiger charge is -2.19. The molecule has 3 N–H and O–H groups in total. The van der Waals surface area contributed by atoms with Crippen molar-refractivity contribution < 1.29 is 9.13 Å². The number of rotatable bonds is 3. The molecule has 6 rings (SSSR count). The lowest BCUT2D eigenvalue weighted by Crippen LogP contribution is -2.30. The van der Waals surface area contributed by atoms with E-state index in [1.54, 1.807) is 19.3 Å². The largest absolute Gasteiger partial charge is 0.421 e. The molecule has 4 aromatic rings. The monoisotopic (exact) mass is 419 g/mol. The number of nitrogens with zero attached hydrogens (tertiary/aromatic N) is 5. The standard InChI is InChI=1S/C22H22FN7O/c1-11-5-13(23)6-15-17-19(27-18(11)15)28-21(31-14-7-25-12(2)26-8-14)29-20(17)30-9-16(24)22(10-30)3-4-22/h5-8,16H,3-4,9-10,24H2,1-2H3,(H,27,28,29)/t16-/m1/s1. The lowest BCUT2D eigenvalue weighted by molar-refractivity contribution is 0.439. The summed E-state index contributed by atoms with van der Waals surface area (Å²) in [6.07, 6.45) is 5.44. The summed E-state index contributed by atoms with van der Waals surface area (Å²) in [6, 6.07) is 3.32. The number of hydrogen-bond acceptors (Lipinski definition) is 7. The average molecular weight is 419 g/mol. The van der Waals surface area contributed by atoms with Gasteiger partial charge < -0.3 is 20.4 Å². The van der Waals surface area contributed by atoms with Crippen molar-refractivity contribution in [2.45, 2.75) is 32.7 Å². The summed E-state index contributed by atoms with van der Waals surface area (Å²) < 4.78 is 20.2. The summed E-state index contributed by atoms with van der Waals surface area (Å²) in [4.78, 5) is 23.2. The molecule has 3 aromatic heterocycles. The van der Waals surface area contributed by atoms with Crippen LogP contribution in [0.4, 0.5) is 10.2 Å². The van der Waals surface area contributed by atoms with E-state index in [0.717, 1.165) is 41.2 Å². The van der Waals surface area contributed by atoms with Crippen molar-refractivity contribution in [2.24, 2.45) is 11.1 Å². The number of hydrogen-bond donors (Lipinski definition) is 2. The van der Waals surface area contributed by atoms with Crippen LogP contribution in [0.5, 0.6) is 11.8 Å². The average Bonchev–Trinajstić information content (AvgIpc) is 3.31. The van der Waals surface area contributed by atoms with Crippen LogP contribution in [0.3, 0.4) is 0 Å². The summed E-state index contributed by atoms with van der Waals surface area (Å²) in [5.74, 6) is 1.53. The first kappa shape index (κ1) is 18.4. The Bertz CT molecular complexity index is 1330. The summed E-state index contributed by atoms with van der Waals surface area (Å²) in [5.41, 5.74) is 8.87. The highest BCUT2D eigenvalue weighted by molar-refractivity contribution is 6.12. The van der Waals surface area contributed by atoms with Gasteiger partial charge in [0.1, 0.15) is 23.1 Å². The van der Waals surface area contributed by atoms with Crippen molar-refractivity contribution in [3.05, 3.63) is 41.7 Å². The van der Waals surface area contributed by atoms with Crippen LogP contribution in [0.25, 0.3) is 21.9 Å². The maximum Gasteiger partial charge on any atom is 0.326 e. The topological polar surface area (TPSA) is 106 Å². The maximum absolute atomic E-state index is 14.3. The molecular weight excluding hydrogens is 397 g/mol. The van der Waals surface area contributed by atoms with Crippen LogP contribution in [0.1, 0.15) is 24.2 Å². The number of nitrogens with two attached hydrogens (primary N) is 1. The summed E-state index contributed by atoms with van der Waals surface area (Å²) >= 11 is 0. The second-order valence-electron chi connectivity index (χ2n) is 8.74. The van der Waals surface area contributed by atoms with E-state index in [2.05, 4.69) is 24.8 Å². The molecule has 2 aliphatic rings. The molecule has 2 fully saturated rings. The van der Waals surface area contributed by atoms with E-state index in [1.807, 2.05) is 6.92 Å². The number of halogens is 1. The van der Waals surface area contributed by atoms with Crippen LogP contribution < -0.4 is 15.4 Å². The fourth-order valence-electron chi connectivity index (χ4n) is 4.65. The molecule has 1 aromatic carbocycles. The fraction of sp³-hybridized carbons (Fsp3) is 0.364. The second-order valence-corrected chi connectivity index (χ2v) is 8.74. The second kappa shape index (κ2) is 6.34. The minimum atomic E-state index is -0.286. The molecule has 31 heavy (non-hydrogen) atoms. The highest BCUT2D eigenvalue weighted by Crippen LogP contribution is 2.53. The summed E-state index contributed by atoms with van der Waals surface area (Å²) in [6.45, 7) is 5.20. The number of H-pyrrole nitrogens is 1. The first-order valence-electron chi connectivity index (χ1n) is 10.4. The SMILES string of the molecule is Cc1ncc(Oc2nc(N3C[C@@H](N)C4(CC4)C3)c3c(n2)[nH]c2c(C)cc(F)cc23)cn1. The van der Waals surface area contributed by atoms with Crippen molar-refractivity contribution in [3.8, 4) is 11.8 Å². The van der Waals surface area contributed by atoms with Gasteiger partial charge in [-0.2, -0.15) is 9.97 Å². The smallest absolute Gasteiger partial charge is 0.326 e. The molecule has 0 amide bonds. The molecule has 158 valence electrons. The Labute approximate surface area is 177 Å². The first-order valence-corrected chi connectivity index (χ1v) is 10.4. The van der Waals surface area contributed by atoms with Crippen LogP contribution in [0.15, 0.2) is 24.5 Å². The third-order valence-electron chi connectivity index (χ3n) is 6.55. The molecular formula is C22H22FN7O. The van der Waals surface area contributed by atoms with Crippen LogP contribution in [-0.4, -0.2) is 44.1 Å². The molecule has 0 radical (unpaired) electrons. The van der Waals surface area contributed by atoms with E-state index in [1.165, 1.54) is 12.1 Å². The number of aryl methyl sites for hydroxylation is 2. The van der Waals surface area contributed by atoms with Gasteiger partial charge in [0.15, 0.2) is 5.75 Å². The number of ether oxygens (including phenoxy) is 1. The molecule has 1 saturated heterocycles. The number of aromatic nitrogens is 5. The van der Waals surface area contributed by atoms with Gasteiger partial charge in [0.25, 0.3) is 0 Å². The van der Waals surface area contributed by atoms with E-state index in [4.69, 9.17) is 15.5 Å². The van der Waals surface area contributed by atoms with Gasteiger partial charge in [-0.1, -0.05) is 0 Å². The van der Waals surface area contributed by atoms with E-state index < -0.39 is 0 Å². The third kappa shape index (κ3) is 2.91. The normalized spacial score (nSPS) is 19.6. The minimum absolute atomic E-state index is 0.0936. The van der Waals surface area contributed by atoms with Crippen molar-refractivity contribution in [1.82, 2.24) is 24.9 Å². The predicted octanol–water partition coefficient (Wildman–Crippen LogP) is 3.38. The quantitative estimate of drug-likeness (QED) is 0.524. The van der Waals surface area contributed by atoms with Gasteiger partial charge in [-0.3, -0.25) is 0 Å². The third-order valence-corrected chi connectivity index (χ3v) is 6.55. The lowest BCUT2D eigenvalue weighted by atomic mass is 10.0. The molecule has 1 saturated carbocycles. The zero-order valence-corrected chi connectivity index (χ0v) is 17.3. The van der Waals surface area contributed by atoms with Crippen molar-refractivity contribution in [3.63, 3.8) is 0 Å². The Hall–Kier alpha value is -3.33. The summed E-state index contributed by atoms with van der Waals surface area (Å²) in [5, 5.41) is 1.55. The van der Waals surface area contributed by atoms with Gasteiger partial charge in [-0.05, 0) is 44.4 Å². The Morgan fingerprint density at radius 1 is 1.19 bits per heavy atom. The molecule has 9 heteroatoms. The number of nitrogens with one attached hydrogen (secondary N) is 1. The minimum Gasteiger partial charge on any atom is -0.421 e. The number of aromatic amines is 1. The van der Waals surface area contributed by atoms with Gasteiger partial charge in [0, 0.05) is 29.9 Å².